The normalized spacial score (nSPS) is 13.1. The van der Waals surface area contributed by atoms with Gasteiger partial charge in [0.05, 0.1) is 12.2 Å². The molecule has 3 nitrogen and oxygen atoms in total. The van der Waals surface area contributed by atoms with E-state index in [1.807, 2.05) is 16.9 Å². The quantitative estimate of drug-likeness (QED) is 0.705. The zero-order valence-corrected chi connectivity index (χ0v) is 7.53. The summed E-state index contributed by atoms with van der Waals surface area (Å²) in [5, 5.41) is 9.79. The number of aromatic nitrogens is 3. The minimum Gasteiger partial charge on any atom is -0.245 e. The molecule has 0 saturated heterocycles. The summed E-state index contributed by atoms with van der Waals surface area (Å²) in [6.45, 7) is 2.11. The molecule has 0 amide bonds. The van der Waals surface area contributed by atoms with E-state index in [2.05, 4.69) is 28.7 Å². The predicted octanol–water partition coefficient (Wildman–Crippen LogP) is 1.95. The Balaban J connectivity index is 2.27. The number of hydrogen-bond acceptors (Lipinski definition) is 3. The van der Waals surface area contributed by atoms with Crippen molar-refractivity contribution in [3.05, 3.63) is 34.8 Å². The monoisotopic (exact) mass is 179 g/mol. The van der Waals surface area contributed by atoms with E-state index in [1.165, 1.54) is 4.88 Å². The minimum atomic E-state index is 0.299. The molecule has 2 aromatic rings. The van der Waals surface area contributed by atoms with Gasteiger partial charge in [-0.2, -0.15) is 0 Å². The van der Waals surface area contributed by atoms with E-state index in [0.29, 0.717) is 6.04 Å². The van der Waals surface area contributed by atoms with Gasteiger partial charge in [0, 0.05) is 11.1 Å². The molecule has 2 rings (SSSR count). The molecule has 0 aromatic carbocycles. The van der Waals surface area contributed by atoms with Crippen LogP contribution in [0.3, 0.4) is 0 Å². The Morgan fingerprint density at radius 2 is 2.50 bits per heavy atom. The summed E-state index contributed by atoms with van der Waals surface area (Å²) >= 11 is 1.74. The standard InChI is InChI=1S/C8H9N3S/c1-7(8-3-2-6-12-8)11-5-4-9-10-11/h2-7H,1H3. The van der Waals surface area contributed by atoms with Crippen molar-refractivity contribution < 1.29 is 0 Å². The molecule has 0 bridgehead atoms. The fraction of sp³-hybridized carbons (Fsp3) is 0.250. The molecule has 2 heterocycles. The number of hydrogen-bond donors (Lipinski definition) is 0. The summed E-state index contributed by atoms with van der Waals surface area (Å²) < 4.78 is 1.85. The molecule has 12 heavy (non-hydrogen) atoms. The van der Waals surface area contributed by atoms with Gasteiger partial charge in [-0.1, -0.05) is 11.3 Å². The van der Waals surface area contributed by atoms with Crippen molar-refractivity contribution in [1.29, 1.82) is 0 Å². The number of rotatable bonds is 2. The summed E-state index contributed by atoms with van der Waals surface area (Å²) in [5.74, 6) is 0. The second-order valence-electron chi connectivity index (χ2n) is 2.57. The number of nitrogens with zero attached hydrogens (tertiary/aromatic N) is 3. The Morgan fingerprint density at radius 1 is 1.58 bits per heavy atom. The lowest BCUT2D eigenvalue weighted by Crippen LogP contribution is -2.05. The Labute approximate surface area is 74.7 Å². The maximum atomic E-state index is 3.95. The third-order valence-corrected chi connectivity index (χ3v) is 2.84. The van der Waals surface area contributed by atoms with Gasteiger partial charge in [0.1, 0.15) is 0 Å². The molecular weight excluding hydrogens is 170 g/mol. The van der Waals surface area contributed by atoms with Crippen LogP contribution in [0.2, 0.25) is 0 Å². The van der Waals surface area contributed by atoms with Crippen LogP contribution in [0.5, 0.6) is 0 Å². The summed E-state index contributed by atoms with van der Waals surface area (Å²) in [4.78, 5) is 1.31. The Bertz CT molecular complexity index is 291. The second-order valence-corrected chi connectivity index (χ2v) is 3.55. The Morgan fingerprint density at radius 3 is 3.08 bits per heavy atom. The molecular formula is C8H9N3S. The van der Waals surface area contributed by atoms with Crippen molar-refractivity contribution in [2.75, 3.05) is 0 Å². The molecule has 1 unspecified atom stereocenters. The topological polar surface area (TPSA) is 30.7 Å². The van der Waals surface area contributed by atoms with Gasteiger partial charge in [0.25, 0.3) is 0 Å². The van der Waals surface area contributed by atoms with Crippen LogP contribution in [-0.4, -0.2) is 15.0 Å². The first-order valence-electron chi connectivity index (χ1n) is 3.77. The highest BCUT2D eigenvalue weighted by atomic mass is 32.1. The Kier molecular flexibility index (Phi) is 1.91. The van der Waals surface area contributed by atoms with E-state index in [0.717, 1.165) is 0 Å². The van der Waals surface area contributed by atoms with Gasteiger partial charge >= 0.3 is 0 Å². The van der Waals surface area contributed by atoms with Crippen LogP contribution in [0, 0.1) is 0 Å². The van der Waals surface area contributed by atoms with E-state index < -0.39 is 0 Å². The molecule has 62 valence electrons. The molecule has 0 saturated carbocycles. The average molecular weight is 179 g/mol. The van der Waals surface area contributed by atoms with Crippen LogP contribution in [0.1, 0.15) is 17.8 Å². The van der Waals surface area contributed by atoms with Crippen LogP contribution in [0.4, 0.5) is 0 Å². The molecule has 2 aromatic heterocycles. The predicted molar refractivity (Wildman–Crippen MR) is 48.2 cm³/mol. The van der Waals surface area contributed by atoms with Crippen molar-refractivity contribution in [3.8, 4) is 0 Å². The lowest BCUT2D eigenvalue weighted by Gasteiger charge is -2.07. The zero-order chi connectivity index (χ0) is 8.39. The molecule has 0 aliphatic carbocycles. The van der Waals surface area contributed by atoms with E-state index in [9.17, 15) is 0 Å². The lowest BCUT2D eigenvalue weighted by molar-refractivity contribution is 0.550. The molecule has 0 radical (unpaired) electrons. The highest BCUT2D eigenvalue weighted by Gasteiger charge is 2.07. The van der Waals surface area contributed by atoms with Crippen LogP contribution in [-0.2, 0) is 0 Å². The second kappa shape index (κ2) is 3.06. The lowest BCUT2D eigenvalue weighted by atomic mass is 10.3. The van der Waals surface area contributed by atoms with E-state index >= 15 is 0 Å². The SMILES string of the molecule is CC(c1cccs1)n1ccnn1. The minimum absolute atomic E-state index is 0.299. The van der Waals surface area contributed by atoms with Gasteiger partial charge < -0.3 is 0 Å². The fourth-order valence-corrected chi connectivity index (χ4v) is 1.86. The molecule has 0 spiro atoms. The van der Waals surface area contributed by atoms with Gasteiger partial charge in [-0.05, 0) is 18.4 Å². The van der Waals surface area contributed by atoms with Crippen LogP contribution in [0.15, 0.2) is 29.9 Å². The fourth-order valence-electron chi connectivity index (χ4n) is 1.08. The van der Waals surface area contributed by atoms with E-state index in [-0.39, 0.29) is 0 Å². The van der Waals surface area contributed by atoms with Gasteiger partial charge in [0.15, 0.2) is 0 Å². The third-order valence-electron chi connectivity index (χ3n) is 1.79. The highest BCUT2D eigenvalue weighted by molar-refractivity contribution is 7.10. The first-order valence-corrected chi connectivity index (χ1v) is 4.65. The zero-order valence-electron chi connectivity index (χ0n) is 6.71. The van der Waals surface area contributed by atoms with Crippen molar-refractivity contribution in [1.82, 2.24) is 15.0 Å². The van der Waals surface area contributed by atoms with Crippen molar-refractivity contribution in [3.63, 3.8) is 0 Å². The van der Waals surface area contributed by atoms with Crippen molar-refractivity contribution in [2.45, 2.75) is 13.0 Å². The molecule has 0 N–H and O–H groups in total. The maximum absolute atomic E-state index is 3.95. The molecule has 0 aliphatic rings. The summed E-state index contributed by atoms with van der Waals surface area (Å²) in [7, 11) is 0. The van der Waals surface area contributed by atoms with Crippen LogP contribution >= 0.6 is 11.3 Å². The van der Waals surface area contributed by atoms with Crippen molar-refractivity contribution >= 4 is 11.3 Å². The first-order chi connectivity index (χ1) is 5.88. The summed E-state index contributed by atoms with van der Waals surface area (Å²) in [6, 6.07) is 4.46. The summed E-state index contributed by atoms with van der Waals surface area (Å²) in [5.41, 5.74) is 0. The van der Waals surface area contributed by atoms with E-state index in [4.69, 9.17) is 0 Å². The van der Waals surface area contributed by atoms with Gasteiger partial charge in [0.2, 0.25) is 0 Å². The van der Waals surface area contributed by atoms with E-state index in [1.54, 1.807) is 17.5 Å². The van der Waals surface area contributed by atoms with Crippen LogP contribution < -0.4 is 0 Å². The highest BCUT2D eigenvalue weighted by Crippen LogP contribution is 2.20. The smallest absolute Gasteiger partial charge is 0.0850 e. The molecule has 0 fully saturated rings. The van der Waals surface area contributed by atoms with Crippen molar-refractivity contribution in [2.24, 2.45) is 0 Å². The first kappa shape index (κ1) is 7.49. The largest absolute Gasteiger partial charge is 0.245 e. The third kappa shape index (κ3) is 1.25. The van der Waals surface area contributed by atoms with Gasteiger partial charge in [-0.15, -0.1) is 16.4 Å². The molecule has 0 aliphatic heterocycles. The van der Waals surface area contributed by atoms with Crippen LogP contribution in [0.25, 0.3) is 0 Å². The maximum Gasteiger partial charge on any atom is 0.0850 e. The summed E-state index contributed by atoms with van der Waals surface area (Å²) in [6.07, 6.45) is 3.58. The van der Waals surface area contributed by atoms with Gasteiger partial charge in [-0.25, -0.2) is 4.68 Å². The average Bonchev–Trinajstić information content (AvgIpc) is 2.77. The molecule has 4 heteroatoms. The van der Waals surface area contributed by atoms with Gasteiger partial charge in [-0.3, -0.25) is 0 Å². The number of thiophene rings is 1. The molecule has 1 atom stereocenters. The Hall–Kier alpha value is -1.16.